The largest absolute Gasteiger partial charge is 0.464 e. The lowest BCUT2D eigenvalue weighted by Gasteiger charge is -2.28. The zero-order valence-corrected chi connectivity index (χ0v) is 21.1. The molecule has 0 radical (unpaired) electrons. The third-order valence-electron chi connectivity index (χ3n) is 4.51. The molecule has 1 amide bonds. The van der Waals surface area contributed by atoms with Gasteiger partial charge in [0.15, 0.2) is 5.84 Å². The zero-order chi connectivity index (χ0) is 25.0. The van der Waals surface area contributed by atoms with Gasteiger partial charge in [0.2, 0.25) is 4.08 Å². The summed E-state index contributed by atoms with van der Waals surface area (Å²) in [6.45, 7) is 10.1. The molecular weight excluding hydrogens is 466 g/mol. The molecule has 0 aromatic heterocycles. The minimum atomic E-state index is -4.50. The van der Waals surface area contributed by atoms with Crippen molar-refractivity contribution >= 4 is 38.0 Å². The zero-order valence-electron chi connectivity index (χ0n) is 19.5. The Labute approximate surface area is 189 Å². The second-order valence-corrected chi connectivity index (χ2v) is 13.3. The summed E-state index contributed by atoms with van der Waals surface area (Å²) >= 11 is 0. The summed E-state index contributed by atoms with van der Waals surface area (Å²) in [4.78, 5) is 24.2. The first-order chi connectivity index (χ1) is 14.5. The predicted molar refractivity (Wildman–Crippen MR) is 116 cm³/mol. The standard InChI is InChI=1S/C18H33N3O9S2/c1-8-28-15(22)14(19-16(23)29-17(3,4)5)11-9-10-12-21-13(2)20-30-32(26,27)18(6,7)31(21,24)25/h14H,8-12H2,1-7H3,(H,19,23). The van der Waals surface area contributed by atoms with E-state index in [0.717, 1.165) is 18.2 Å². The van der Waals surface area contributed by atoms with Gasteiger partial charge in [0, 0.05) is 6.54 Å². The van der Waals surface area contributed by atoms with Crippen LogP contribution < -0.4 is 5.32 Å². The van der Waals surface area contributed by atoms with Crippen LogP contribution in [0.25, 0.3) is 0 Å². The van der Waals surface area contributed by atoms with Gasteiger partial charge in [-0.3, -0.25) is 8.59 Å². The number of esters is 1. The molecule has 1 aliphatic rings. The van der Waals surface area contributed by atoms with Gasteiger partial charge in [-0.25, -0.2) is 18.0 Å². The van der Waals surface area contributed by atoms with Gasteiger partial charge in [-0.1, -0.05) is 5.16 Å². The number of ether oxygens (including phenoxy) is 2. The van der Waals surface area contributed by atoms with Gasteiger partial charge in [-0.05, 0) is 67.7 Å². The Bertz CT molecular complexity index is 935. The van der Waals surface area contributed by atoms with Crippen LogP contribution in [0.1, 0.15) is 67.7 Å². The first kappa shape index (κ1) is 27.9. The van der Waals surface area contributed by atoms with E-state index < -0.39 is 47.9 Å². The molecule has 0 aromatic rings. The normalized spacial score (nSPS) is 20.2. The van der Waals surface area contributed by atoms with E-state index in [1.807, 2.05) is 0 Å². The average Bonchev–Trinajstić information content (AvgIpc) is 2.66. The van der Waals surface area contributed by atoms with E-state index in [2.05, 4.69) is 14.8 Å². The monoisotopic (exact) mass is 499 g/mol. The maximum Gasteiger partial charge on any atom is 0.408 e. The minimum Gasteiger partial charge on any atom is -0.464 e. The number of carbonyl (C=O) groups is 2. The number of rotatable bonds is 8. The predicted octanol–water partition coefficient (Wildman–Crippen LogP) is 1.67. The van der Waals surface area contributed by atoms with E-state index >= 15 is 0 Å². The molecule has 1 heterocycles. The number of amides is 1. The number of sulfonamides is 1. The van der Waals surface area contributed by atoms with Crippen LogP contribution in [0, 0.1) is 0 Å². The third kappa shape index (κ3) is 6.70. The molecule has 1 aliphatic heterocycles. The van der Waals surface area contributed by atoms with Gasteiger partial charge in [0.25, 0.3) is 10.0 Å². The number of hydrogen-bond acceptors (Lipinski definition) is 10. The number of amidine groups is 1. The van der Waals surface area contributed by atoms with Gasteiger partial charge >= 0.3 is 22.2 Å². The van der Waals surface area contributed by atoms with Gasteiger partial charge in [0.05, 0.1) is 6.61 Å². The Balaban J connectivity index is 2.86. The molecule has 0 saturated carbocycles. The first-order valence-corrected chi connectivity index (χ1v) is 13.0. The van der Waals surface area contributed by atoms with Crippen LogP contribution >= 0.6 is 0 Å². The van der Waals surface area contributed by atoms with Gasteiger partial charge < -0.3 is 14.8 Å². The minimum absolute atomic E-state index is 0.0953. The molecule has 32 heavy (non-hydrogen) atoms. The average molecular weight is 500 g/mol. The van der Waals surface area contributed by atoms with Crippen LogP contribution in [0.5, 0.6) is 0 Å². The lowest BCUT2D eigenvalue weighted by Crippen LogP contribution is -2.49. The molecule has 1 atom stereocenters. The lowest BCUT2D eigenvalue weighted by atomic mass is 10.1. The van der Waals surface area contributed by atoms with Crippen molar-refractivity contribution in [1.29, 1.82) is 0 Å². The van der Waals surface area contributed by atoms with Crippen LogP contribution in [-0.2, 0) is 38.7 Å². The maximum absolute atomic E-state index is 12.9. The summed E-state index contributed by atoms with van der Waals surface area (Å²) in [5.74, 6) is -0.771. The van der Waals surface area contributed by atoms with E-state index in [4.69, 9.17) is 9.47 Å². The topological polar surface area (TPSA) is 158 Å². The second kappa shape index (κ2) is 10.2. The fourth-order valence-corrected chi connectivity index (χ4v) is 5.69. The van der Waals surface area contributed by atoms with Crippen molar-refractivity contribution in [3.8, 4) is 0 Å². The van der Waals surface area contributed by atoms with Gasteiger partial charge in [-0.2, -0.15) is 8.42 Å². The Morgan fingerprint density at radius 2 is 1.78 bits per heavy atom. The molecule has 0 aromatic carbocycles. The number of nitrogens with one attached hydrogen (secondary N) is 1. The van der Waals surface area contributed by atoms with Crippen LogP contribution in [0.15, 0.2) is 5.16 Å². The Morgan fingerprint density at radius 3 is 2.31 bits per heavy atom. The molecule has 0 fully saturated rings. The van der Waals surface area contributed by atoms with E-state index in [1.54, 1.807) is 27.7 Å². The van der Waals surface area contributed by atoms with E-state index in [1.165, 1.54) is 6.92 Å². The highest BCUT2D eigenvalue weighted by Crippen LogP contribution is 2.32. The van der Waals surface area contributed by atoms with E-state index in [-0.39, 0.29) is 31.8 Å². The number of carbonyl (C=O) groups excluding carboxylic acids is 2. The number of oxime groups is 1. The molecule has 1 unspecified atom stereocenters. The summed E-state index contributed by atoms with van der Waals surface area (Å²) < 4.78 is 63.4. The summed E-state index contributed by atoms with van der Waals surface area (Å²) in [7, 11) is -8.85. The molecule has 186 valence electrons. The van der Waals surface area contributed by atoms with Crippen LogP contribution in [-0.4, -0.2) is 67.9 Å². The highest BCUT2D eigenvalue weighted by atomic mass is 32.3. The van der Waals surface area contributed by atoms with E-state index in [9.17, 15) is 26.4 Å². The molecule has 12 nitrogen and oxygen atoms in total. The van der Waals surface area contributed by atoms with Crippen LogP contribution in [0.3, 0.4) is 0 Å². The van der Waals surface area contributed by atoms with Crippen molar-refractivity contribution < 1.29 is 40.2 Å². The summed E-state index contributed by atoms with van der Waals surface area (Å²) in [6.07, 6.45) is -0.0705. The molecule has 0 aliphatic carbocycles. The van der Waals surface area contributed by atoms with Crippen molar-refractivity contribution in [2.75, 3.05) is 13.2 Å². The molecule has 0 bridgehead atoms. The van der Waals surface area contributed by atoms with Gasteiger partial charge in [-0.15, -0.1) is 0 Å². The maximum atomic E-state index is 12.9. The van der Waals surface area contributed by atoms with E-state index in [0.29, 0.717) is 6.42 Å². The number of hydrogen-bond donors (Lipinski definition) is 1. The Hall–Kier alpha value is -2.09. The summed E-state index contributed by atoms with van der Waals surface area (Å²) in [5.41, 5.74) is -0.753. The van der Waals surface area contributed by atoms with Crippen molar-refractivity contribution in [3.05, 3.63) is 0 Å². The van der Waals surface area contributed by atoms with Crippen LogP contribution in [0.2, 0.25) is 0 Å². The summed E-state index contributed by atoms with van der Waals surface area (Å²) in [6, 6.07) is -0.986. The first-order valence-electron chi connectivity index (χ1n) is 10.1. The molecule has 1 rings (SSSR count). The number of alkyl carbamates (subject to hydrolysis) is 1. The smallest absolute Gasteiger partial charge is 0.408 e. The SMILES string of the molecule is CCOC(=O)C(CCCCN1C(C)=NOS(=O)(=O)C(C)(C)S1(=O)=O)NC(=O)OC(C)(C)C. The van der Waals surface area contributed by atoms with Crippen LogP contribution in [0.4, 0.5) is 4.79 Å². The fourth-order valence-electron chi connectivity index (χ4n) is 2.63. The Kier molecular flexibility index (Phi) is 8.94. The molecule has 0 spiro atoms. The Morgan fingerprint density at radius 1 is 1.19 bits per heavy atom. The van der Waals surface area contributed by atoms with Crippen molar-refractivity contribution in [1.82, 2.24) is 9.62 Å². The summed E-state index contributed by atoms with van der Waals surface area (Å²) in [5, 5.41) is 5.88. The third-order valence-corrected chi connectivity index (χ3v) is 9.50. The second-order valence-electron chi connectivity index (χ2n) is 8.59. The fraction of sp³-hybridized carbons (Fsp3) is 0.833. The van der Waals surface area contributed by atoms with Gasteiger partial charge in [0.1, 0.15) is 11.6 Å². The quantitative estimate of drug-likeness (QED) is 0.387. The number of unbranched alkanes of at least 4 members (excludes halogenated alkanes) is 1. The molecular formula is C18H33N3O9S2. The van der Waals surface area contributed by atoms with Crippen molar-refractivity contribution in [2.24, 2.45) is 5.16 Å². The molecule has 0 saturated heterocycles. The lowest BCUT2D eigenvalue weighted by molar-refractivity contribution is -0.145. The highest BCUT2D eigenvalue weighted by molar-refractivity contribution is 8.07. The molecule has 14 heteroatoms. The van der Waals surface area contributed by atoms with Crippen molar-refractivity contribution in [3.63, 3.8) is 0 Å². The molecule has 1 N–H and O–H groups in total. The highest BCUT2D eigenvalue weighted by Gasteiger charge is 2.54. The van der Waals surface area contributed by atoms with Crippen molar-refractivity contribution in [2.45, 2.75) is 83.5 Å². The number of nitrogens with zero attached hydrogens (tertiary/aromatic N) is 2.